The van der Waals surface area contributed by atoms with Crippen molar-refractivity contribution in [2.75, 3.05) is 0 Å². The Kier molecular flexibility index (Phi) is 8.97. The fraction of sp³-hybridized carbons (Fsp3) is 0.133. The molecule has 0 N–H and O–H groups in total. The van der Waals surface area contributed by atoms with E-state index in [0.717, 1.165) is 52.0 Å². The second kappa shape index (κ2) is 12.4. The number of aldehydes is 2. The van der Waals surface area contributed by atoms with Gasteiger partial charge in [-0.25, -0.2) is 0 Å². The molecule has 1 radical (unpaired) electrons. The molecule has 0 spiro atoms. The second-order valence-electron chi connectivity index (χ2n) is 8.57. The quantitative estimate of drug-likeness (QED) is 0.129. The van der Waals surface area contributed by atoms with E-state index in [1.54, 1.807) is 0 Å². The normalized spacial score (nSPS) is 10.6. The molecule has 0 bridgehead atoms. The summed E-state index contributed by atoms with van der Waals surface area (Å²) in [6.07, 6.45) is 1.80. The molecule has 4 aromatic carbocycles. The molecule has 0 aliphatic heterocycles. The van der Waals surface area contributed by atoms with E-state index in [0.29, 0.717) is 0 Å². The van der Waals surface area contributed by atoms with Crippen molar-refractivity contribution in [2.24, 2.45) is 4.30 Å². The van der Waals surface area contributed by atoms with E-state index in [1.807, 2.05) is 54.6 Å². The van der Waals surface area contributed by atoms with Gasteiger partial charge in [0, 0.05) is 72.3 Å². The van der Waals surface area contributed by atoms with Crippen LogP contribution in [0.5, 0.6) is 0 Å². The van der Waals surface area contributed by atoms with Crippen LogP contribution in [0.25, 0.3) is 43.6 Å². The molecule has 38 heavy (non-hydrogen) atoms. The number of carbonyl (C=O) groups is 2. The molecule has 0 saturated carbocycles. The Morgan fingerprint density at radius 1 is 0.711 bits per heavy atom. The third-order valence-electron chi connectivity index (χ3n) is 6.55. The summed E-state index contributed by atoms with van der Waals surface area (Å²) >= 11 is 6.70. The summed E-state index contributed by atoms with van der Waals surface area (Å²) in [5.74, 6) is 0. The van der Waals surface area contributed by atoms with Crippen molar-refractivity contribution in [1.82, 2.24) is 9.13 Å². The first-order chi connectivity index (χ1) is 18.5. The molecule has 5 nitrogen and oxygen atoms in total. The van der Waals surface area contributed by atoms with Gasteiger partial charge in [0.05, 0.1) is 0 Å². The number of aryl methyl sites for hydroxylation is 2. The first-order valence-electron chi connectivity index (χ1n) is 12.2. The molecular formula is C30H26BBrN3O2S. The van der Waals surface area contributed by atoms with Crippen LogP contribution in [0.15, 0.2) is 87.6 Å². The minimum absolute atomic E-state index is 0.720. The van der Waals surface area contributed by atoms with Crippen LogP contribution < -0.4 is 0 Å². The van der Waals surface area contributed by atoms with Crippen molar-refractivity contribution in [3.63, 3.8) is 0 Å². The van der Waals surface area contributed by atoms with Gasteiger partial charge in [0.1, 0.15) is 12.6 Å². The predicted octanol–water partition coefficient (Wildman–Crippen LogP) is 8.20. The fourth-order valence-corrected chi connectivity index (χ4v) is 5.35. The Labute approximate surface area is 236 Å². The van der Waals surface area contributed by atoms with E-state index in [9.17, 15) is 9.59 Å². The first kappa shape index (κ1) is 27.5. The van der Waals surface area contributed by atoms with Gasteiger partial charge in [0.15, 0.2) is 0 Å². The average molecular weight is 583 g/mol. The molecule has 0 aliphatic rings. The number of aromatic nitrogens is 2. The van der Waals surface area contributed by atoms with Gasteiger partial charge in [-0.05, 0) is 74.5 Å². The number of rotatable bonds is 4. The molecule has 2 aromatic heterocycles. The van der Waals surface area contributed by atoms with Crippen molar-refractivity contribution < 1.29 is 9.59 Å². The summed E-state index contributed by atoms with van der Waals surface area (Å²) < 4.78 is 8.30. The van der Waals surface area contributed by atoms with Gasteiger partial charge in [0.2, 0.25) is 0 Å². The van der Waals surface area contributed by atoms with Gasteiger partial charge >= 0.3 is 24.8 Å². The van der Waals surface area contributed by atoms with Crippen LogP contribution in [0, 0.1) is 0 Å². The Bertz CT molecular complexity index is 1790. The fourth-order valence-electron chi connectivity index (χ4n) is 4.99. The number of fused-ring (bicyclic) bond motifs is 6. The summed E-state index contributed by atoms with van der Waals surface area (Å²) in [5, 5.41) is 4.70. The van der Waals surface area contributed by atoms with Crippen LogP contribution >= 0.6 is 28.7 Å². The molecule has 6 rings (SSSR count). The molecular weight excluding hydrogens is 557 g/mol. The summed E-state index contributed by atoms with van der Waals surface area (Å²) in [6, 6.07) is 26.3. The molecule has 0 aliphatic carbocycles. The third kappa shape index (κ3) is 5.24. The summed E-state index contributed by atoms with van der Waals surface area (Å²) in [6.45, 7) is 6.13. The van der Waals surface area contributed by atoms with Crippen LogP contribution in [0.4, 0.5) is 0 Å². The topological polar surface area (TPSA) is 56.4 Å². The Morgan fingerprint density at radius 2 is 1.13 bits per heavy atom. The maximum absolute atomic E-state index is 10.9. The standard InChI is InChI=1S/C15H12BrNO.C15H13NO.BHNS/c1-2-17-14-5-3-10(9-18)7-12(14)13-8-11(16)4-6-15(13)17;1-2-16-14-6-4-3-5-12(14)13-9-11(10-17)7-8-15(13)16;1-2-3/h3-9H,2H2,1H3;3-10H,2H2,1H3;3H. The average Bonchev–Trinajstić information content (AvgIpc) is 3.44. The zero-order chi connectivity index (χ0) is 27.2. The molecule has 0 amide bonds. The van der Waals surface area contributed by atoms with Crippen LogP contribution in [-0.4, -0.2) is 29.3 Å². The van der Waals surface area contributed by atoms with Crippen molar-refractivity contribution in [1.29, 1.82) is 0 Å². The van der Waals surface area contributed by atoms with E-state index in [-0.39, 0.29) is 0 Å². The zero-order valence-electron chi connectivity index (χ0n) is 21.1. The van der Waals surface area contributed by atoms with E-state index in [1.165, 1.54) is 32.8 Å². The van der Waals surface area contributed by atoms with Crippen LogP contribution in [-0.2, 0) is 13.1 Å². The van der Waals surface area contributed by atoms with E-state index < -0.39 is 0 Å². The monoisotopic (exact) mass is 582 g/mol. The van der Waals surface area contributed by atoms with Gasteiger partial charge in [-0.2, -0.15) is 0 Å². The van der Waals surface area contributed by atoms with E-state index >= 15 is 0 Å². The summed E-state index contributed by atoms with van der Waals surface area (Å²) in [4.78, 5) is 21.8. The number of benzene rings is 4. The number of carbonyl (C=O) groups excluding carboxylic acids is 2. The first-order valence-corrected chi connectivity index (χ1v) is 13.4. The zero-order valence-corrected chi connectivity index (χ0v) is 23.6. The van der Waals surface area contributed by atoms with Crippen LogP contribution in [0.3, 0.4) is 0 Å². The van der Waals surface area contributed by atoms with Crippen molar-refractivity contribution in [2.45, 2.75) is 26.9 Å². The molecule has 189 valence electrons. The molecule has 0 unspecified atom stereocenters. The van der Waals surface area contributed by atoms with Crippen molar-refractivity contribution >= 4 is 92.6 Å². The number of hydrogen-bond acceptors (Lipinski definition) is 4. The Hall–Kier alpha value is -3.49. The Balaban J connectivity index is 0.000000161. The van der Waals surface area contributed by atoms with Gasteiger partial charge in [-0.15, -0.1) is 0 Å². The number of halogens is 1. The van der Waals surface area contributed by atoms with Gasteiger partial charge in [-0.3, -0.25) is 9.59 Å². The molecule has 0 fully saturated rings. The van der Waals surface area contributed by atoms with Gasteiger partial charge in [-0.1, -0.05) is 34.1 Å². The minimum atomic E-state index is 0.720. The summed E-state index contributed by atoms with van der Waals surface area (Å²) in [7, 11) is 4.34. The molecule has 0 saturated heterocycles. The summed E-state index contributed by atoms with van der Waals surface area (Å²) in [5.41, 5.74) is 6.26. The van der Waals surface area contributed by atoms with Gasteiger partial charge in [0.25, 0.3) is 0 Å². The van der Waals surface area contributed by atoms with E-state index in [4.69, 9.17) is 0 Å². The van der Waals surface area contributed by atoms with E-state index in [2.05, 4.69) is 87.9 Å². The number of nitrogens with zero attached hydrogens (tertiary/aromatic N) is 3. The predicted molar refractivity (Wildman–Crippen MR) is 166 cm³/mol. The Morgan fingerprint density at radius 3 is 1.63 bits per heavy atom. The SMILES string of the molecule is CCn1c2ccc(Br)cc2c2cc(C=O)ccc21.CCn1c2ccccc2c2cc(C=O)ccc21.[B]=NS. The maximum atomic E-state index is 10.9. The molecule has 8 heteroatoms. The van der Waals surface area contributed by atoms with Gasteiger partial charge < -0.3 is 9.13 Å². The van der Waals surface area contributed by atoms with Crippen molar-refractivity contribution in [3.05, 3.63) is 94.5 Å². The van der Waals surface area contributed by atoms with Crippen LogP contribution in [0.1, 0.15) is 34.6 Å². The third-order valence-corrected chi connectivity index (χ3v) is 7.05. The number of para-hydroxylation sites is 1. The van der Waals surface area contributed by atoms with Crippen LogP contribution in [0.2, 0.25) is 0 Å². The molecule has 0 atom stereocenters. The molecule has 2 heterocycles. The molecule has 6 aromatic rings. The second-order valence-corrected chi connectivity index (χ2v) is 9.72. The number of thiol groups is 1. The number of hydrogen-bond donors (Lipinski definition) is 1. The van der Waals surface area contributed by atoms with Crippen molar-refractivity contribution in [3.8, 4) is 0 Å².